The van der Waals surface area contributed by atoms with Crippen LogP contribution in [0.2, 0.25) is 0 Å². The fraction of sp³-hybridized carbons (Fsp3) is 0.233. The smallest absolute Gasteiger partial charge is 0.338 e. The third-order valence-corrected chi connectivity index (χ3v) is 8.50. The molecule has 0 saturated carbocycles. The first kappa shape index (κ1) is 27.4. The highest BCUT2D eigenvalue weighted by Crippen LogP contribution is 2.32. The van der Waals surface area contributed by atoms with E-state index in [0.717, 1.165) is 20.5 Å². The van der Waals surface area contributed by atoms with E-state index in [-0.39, 0.29) is 18.1 Å². The van der Waals surface area contributed by atoms with E-state index in [2.05, 4.69) is 20.9 Å². The fourth-order valence-corrected chi connectivity index (χ4v) is 6.03. The molecule has 1 aliphatic rings. The minimum Gasteiger partial charge on any atom is -0.462 e. The summed E-state index contributed by atoms with van der Waals surface area (Å²) in [7, 11) is 0. The van der Waals surface area contributed by atoms with E-state index < -0.39 is 12.0 Å². The molecule has 0 spiro atoms. The Morgan fingerprint density at radius 2 is 1.87 bits per heavy atom. The maximum absolute atomic E-state index is 13.8. The van der Waals surface area contributed by atoms with Gasteiger partial charge in [-0.2, -0.15) is 0 Å². The van der Waals surface area contributed by atoms with Gasteiger partial charge < -0.3 is 9.15 Å². The van der Waals surface area contributed by atoms with Gasteiger partial charge in [-0.15, -0.1) is 11.8 Å². The predicted molar refractivity (Wildman–Crippen MR) is 160 cm³/mol. The van der Waals surface area contributed by atoms with Crippen molar-refractivity contribution in [2.75, 3.05) is 12.9 Å². The van der Waals surface area contributed by atoms with Crippen molar-refractivity contribution in [2.24, 2.45) is 10.9 Å². The quantitative estimate of drug-likeness (QED) is 0.182. The van der Waals surface area contributed by atoms with Crippen molar-refractivity contribution in [1.29, 1.82) is 0 Å². The van der Waals surface area contributed by atoms with E-state index >= 15 is 0 Å². The molecule has 0 fully saturated rings. The molecule has 2 aromatic heterocycles. The van der Waals surface area contributed by atoms with E-state index in [0.29, 0.717) is 32.1 Å². The molecular formula is C30H27BrN2O4S2. The molecule has 0 bridgehead atoms. The largest absolute Gasteiger partial charge is 0.462 e. The lowest BCUT2D eigenvalue weighted by atomic mass is 9.96. The summed E-state index contributed by atoms with van der Waals surface area (Å²) in [5.74, 6) is 1.000. The first-order valence-electron chi connectivity index (χ1n) is 12.4. The second kappa shape index (κ2) is 11.5. The SMILES string of the molecule is CSc1ccc(C2C(C(=O)OCC(C)C)=C(C)N=c3sc(=Cc4ccc(-c5ccc(Br)cc5)o4)c(=O)n32)cc1. The molecule has 0 saturated heterocycles. The van der Waals surface area contributed by atoms with E-state index in [1.165, 1.54) is 11.3 Å². The maximum atomic E-state index is 13.8. The summed E-state index contributed by atoms with van der Waals surface area (Å²) in [6.45, 7) is 6.05. The highest BCUT2D eigenvalue weighted by Gasteiger charge is 2.33. The van der Waals surface area contributed by atoms with Crippen LogP contribution in [-0.4, -0.2) is 23.4 Å². The molecule has 4 aromatic rings. The minimum absolute atomic E-state index is 0.186. The number of rotatable bonds is 7. The van der Waals surface area contributed by atoms with Crippen LogP contribution in [0.15, 0.2) is 95.5 Å². The zero-order valence-electron chi connectivity index (χ0n) is 21.9. The fourth-order valence-electron chi connectivity index (χ4n) is 4.33. The van der Waals surface area contributed by atoms with Crippen LogP contribution in [-0.2, 0) is 9.53 Å². The Hall–Kier alpha value is -3.14. The Labute approximate surface area is 242 Å². The number of allylic oxidation sites excluding steroid dienone is 1. The van der Waals surface area contributed by atoms with Crippen molar-refractivity contribution >= 4 is 51.1 Å². The van der Waals surface area contributed by atoms with Crippen molar-refractivity contribution in [1.82, 2.24) is 4.57 Å². The third kappa shape index (κ3) is 5.76. The van der Waals surface area contributed by atoms with Gasteiger partial charge in [0, 0.05) is 21.0 Å². The standard InChI is InChI=1S/C30H27BrN2O4S2/c1-17(2)16-36-29(35)26-18(3)32-30-33(27(26)20-7-12-23(38-4)13-8-20)28(34)25(39-30)15-22-11-14-24(37-22)19-5-9-21(31)10-6-19/h5-15,17,27H,16H2,1-4H3. The van der Waals surface area contributed by atoms with E-state index in [1.54, 1.807) is 29.3 Å². The van der Waals surface area contributed by atoms with Crippen LogP contribution in [0.1, 0.15) is 38.1 Å². The lowest BCUT2D eigenvalue weighted by Gasteiger charge is -2.25. The molecule has 5 rings (SSSR count). The summed E-state index contributed by atoms with van der Waals surface area (Å²) in [6, 6.07) is 18.8. The van der Waals surface area contributed by atoms with Crippen molar-refractivity contribution in [3.63, 3.8) is 0 Å². The van der Waals surface area contributed by atoms with Crippen molar-refractivity contribution in [3.05, 3.63) is 107 Å². The molecule has 9 heteroatoms. The summed E-state index contributed by atoms with van der Waals surface area (Å²) < 4.78 is 14.7. The predicted octanol–water partition coefficient (Wildman–Crippen LogP) is 6.18. The summed E-state index contributed by atoms with van der Waals surface area (Å²) in [6.07, 6.45) is 3.74. The Balaban J connectivity index is 1.60. The van der Waals surface area contributed by atoms with Gasteiger partial charge in [0.05, 0.1) is 28.5 Å². The molecule has 0 aliphatic carbocycles. The Bertz CT molecular complexity index is 1730. The van der Waals surface area contributed by atoms with Crippen LogP contribution < -0.4 is 14.9 Å². The highest BCUT2D eigenvalue weighted by molar-refractivity contribution is 9.10. The molecule has 2 aromatic carbocycles. The number of hydrogen-bond donors (Lipinski definition) is 0. The molecule has 1 atom stereocenters. The zero-order chi connectivity index (χ0) is 27.7. The lowest BCUT2D eigenvalue weighted by molar-refractivity contribution is -0.140. The van der Waals surface area contributed by atoms with Gasteiger partial charge in [0.2, 0.25) is 0 Å². The second-order valence-corrected chi connectivity index (χ2v) is 12.4. The number of hydrogen-bond acceptors (Lipinski definition) is 7. The van der Waals surface area contributed by atoms with Gasteiger partial charge in [-0.25, -0.2) is 9.79 Å². The van der Waals surface area contributed by atoms with Gasteiger partial charge in [0.25, 0.3) is 5.56 Å². The Kier molecular flexibility index (Phi) is 8.11. The molecule has 0 N–H and O–H groups in total. The first-order valence-corrected chi connectivity index (χ1v) is 15.3. The number of nitrogens with zero attached hydrogens (tertiary/aromatic N) is 2. The van der Waals surface area contributed by atoms with Gasteiger partial charge in [-0.1, -0.05) is 65.4 Å². The highest BCUT2D eigenvalue weighted by atomic mass is 79.9. The monoisotopic (exact) mass is 622 g/mol. The van der Waals surface area contributed by atoms with Crippen LogP contribution in [0.25, 0.3) is 17.4 Å². The van der Waals surface area contributed by atoms with Gasteiger partial charge in [0.1, 0.15) is 11.5 Å². The third-order valence-electron chi connectivity index (χ3n) is 6.25. The summed E-state index contributed by atoms with van der Waals surface area (Å²) in [5, 5.41) is 0. The molecule has 3 heterocycles. The van der Waals surface area contributed by atoms with Crippen LogP contribution in [0.3, 0.4) is 0 Å². The lowest BCUT2D eigenvalue weighted by Crippen LogP contribution is -2.40. The number of ether oxygens (including phenoxy) is 1. The van der Waals surface area contributed by atoms with Crippen molar-refractivity contribution in [2.45, 2.75) is 31.7 Å². The van der Waals surface area contributed by atoms with E-state index in [9.17, 15) is 9.59 Å². The second-order valence-electron chi connectivity index (χ2n) is 9.56. The van der Waals surface area contributed by atoms with Gasteiger partial charge in [-0.05, 0) is 61.1 Å². The number of furan rings is 1. The summed E-state index contributed by atoms with van der Waals surface area (Å²) in [4.78, 5) is 33.4. The van der Waals surface area contributed by atoms with Crippen LogP contribution >= 0.6 is 39.0 Å². The number of thioether (sulfide) groups is 1. The zero-order valence-corrected chi connectivity index (χ0v) is 25.2. The van der Waals surface area contributed by atoms with Crippen LogP contribution in [0, 0.1) is 5.92 Å². The number of carbonyl (C=O) groups excluding carboxylic acids is 1. The molecule has 0 radical (unpaired) electrons. The van der Waals surface area contributed by atoms with E-state index in [1.807, 2.05) is 80.8 Å². The minimum atomic E-state index is -0.645. The average Bonchev–Trinajstić information content (AvgIpc) is 3.51. The van der Waals surface area contributed by atoms with E-state index in [4.69, 9.17) is 9.15 Å². The number of halogens is 1. The molecular weight excluding hydrogens is 596 g/mol. The average molecular weight is 624 g/mol. The molecule has 200 valence electrons. The van der Waals surface area contributed by atoms with Gasteiger partial charge >= 0.3 is 5.97 Å². The number of benzene rings is 2. The molecule has 0 amide bonds. The van der Waals surface area contributed by atoms with Crippen molar-refractivity contribution in [3.8, 4) is 11.3 Å². The molecule has 6 nitrogen and oxygen atoms in total. The Morgan fingerprint density at radius 1 is 1.15 bits per heavy atom. The number of esters is 1. The maximum Gasteiger partial charge on any atom is 0.338 e. The Morgan fingerprint density at radius 3 is 2.54 bits per heavy atom. The van der Waals surface area contributed by atoms with Crippen LogP contribution in [0.4, 0.5) is 0 Å². The molecule has 1 unspecified atom stereocenters. The number of fused-ring (bicyclic) bond motifs is 1. The molecule has 39 heavy (non-hydrogen) atoms. The van der Waals surface area contributed by atoms with Crippen LogP contribution in [0.5, 0.6) is 0 Å². The van der Waals surface area contributed by atoms with Gasteiger partial charge in [0.15, 0.2) is 4.80 Å². The number of thiazole rings is 1. The summed E-state index contributed by atoms with van der Waals surface area (Å²) in [5.41, 5.74) is 2.45. The van der Waals surface area contributed by atoms with Crippen molar-refractivity contribution < 1.29 is 13.9 Å². The normalized spacial score (nSPS) is 15.4. The number of aromatic nitrogens is 1. The van der Waals surface area contributed by atoms with Gasteiger partial charge in [-0.3, -0.25) is 9.36 Å². The number of carbonyl (C=O) groups is 1. The first-order chi connectivity index (χ1) is 18.7. The topological polar surface area (TPSA) is 73.8 Å². The summed E-state index contributed by atoms with van der Waals surface area (Å²) >= 11 is 6.36. The molecule has 1 aliphatic heterocycles.